The average molecular weight is 386 g/mol. The molecule has 10 heteroatoms. The number of carboxylic acids is 1. The van der Waals surface area contributed by atoms with Crippen molar-refractivity contribution in [3.63, 3.8) is 0 Å². The van der Waals surface area contributed by atoms with Crippen molar-refractivity contribution in [3.8, 4) is 0 Å². The van der Waals surface area contributed by atoms with Gasteiger partial charge in [-0.05, 0) is 32.6 Å². The van der Waals surface area contributed by atoms with E-state index in [1.165, 1.54) is 18.7 Å². The minimum atomic E-state index is -1.24. The van der Waals surface area contributed by atoms with Crippen molar-refractivity contribution in [1.29, 1.82) is 0 Å². The summed E-state index contributed by atoms with van der Waals surface area (Å²) in [6.07, 6.45) is -0.265. The molecule has 0 spiro atoms. The lowest BCUT2D eigenvalue weighted by Gasteiger charge is -2.31. The van der Waals surface area contributed by atoms with E-state index in [-0.39, 0.29) is 12.5 Å². The van der Waals surface area contributed by atoms with Gasteiger partial charge in [-0.2, -0.15) is 0 Å². The molecular formula is C17H30N4O6. The van der Waals surface area contributed by atoms with Crippen LogP contribution in [0.2, 0.25) is 0 Å². The molecule has 1 heterocycles. The minimum Gasteiger partial charge on any atom is -0.480 e. The van der Waals surface area contributed by atoms with E-state index < -0.39 is 54.0 Å². The van der Waals surface area contributed by atoms with E-state index >= 15 is 0 Å². The van der Waals surface area contributed by atoms with Gasteiger partial charge >= 0.3 is 5.97 Å². The molecule has 10 nitrogen and oxygen atoms in total. The van der Waals surface area contributed by atoms with Crippen molar-refractivity contribution in [2.75, 3.05) is 6.54 Å². The van der Waals surface area contributed by atoms with Gasteiger partial charge in [-0.1, -0.05) is 13.8 Å². The van der Waals surface area contributed by atoms with Gasteiger partial charge in [0, 0.05) is 6.54 Å². The van der Waals surface area contributed by atoms with E-state index in [0.29, 0.717) is 12.8 Å². The first kappa shape index (κ1) is 22.8. The number of aliphatic hydroxyl groups is 1. The Morgan fingerprint density at radius 3 is 2.11 bits per heavy atom. The molecule has 0 aromatic carbocycles. The van der Waals surface area contributed by atoms with Gasteiger partial charge in [0.25, 0.3) is 0 Å². The molecule has 5 atom stereocenters. The molecule has 1 aliphatic rings. The van der Waals surface area contributed by atoms with Gasteiger partial charge in [0.2, 0.25) is 17.7 Å². The molecule has 6 N–H and O–H groups in total. The number of aliphatic carboxylic acids is 1. The molecule has 27 heavy (non-hydrogen) atoms. The Labute approximate surface area is 158 Å². The maximum Gasteiger partial charge on any atom is 0.326 e. The minimum absolute atomic E-state index is 0.271. The maximum absolute atomic E-state index is 12.8. The fraction of sp³-hybridized carbons (Fsp3) is 0.765. The summed E-state index contributed by atoms with van der Waals surface area (Å²) in [6, 6.07) is -4.02. The summed E-state index contributed by atoms with van der Waals surface area (Å²) in [5, 5.41) is 24.0. The molecule has 0 saturated carbocycles. The zero-order valence-electron chi connectivity index (χ0n) is 16.1. The number of rotatable bonds is 8. The molecule has 1 aliphatic heterocycles. The number of aliphatic hydroxyl groups excluding tert-OH is 1. The fourth-order valence-corrected chi connectivity index (χ4v) is 2.92. The lowest BCUT2D eigenvalue weighted by Crippen LogP contribution is -2.59. The number of carbonyl (C=O) groups is 4. The van der Waals surface area contributed by atoms with E-state index in [2.05, 4.69) is 10.6 Å². The van der Waals surface area contributed by atoms with Crippen molar-refractivity contribution >= 4 is 23.7 Å². The first-order chi connectivity index (χ1) is 12.5. The quantitative estimate of drug-likeness (QED) is 0.336. The number of carbonyl (C=O) groups excluding carboxylic acids is 3. The van der Waals surface area contributed by atoms with Crippen LogP contribution < -0.4 is 16.4 Å². The van der Waals surface area contributed by atoms with Crippen LogP contribution in [0.1, 0.15) is 40.5 Å². The molecule has 1 fully saturated rings. The van der Waals surface area contributed by atoms with Crippen LogP contribution in [0, 0.1) is 5.92 Å². The van der Waals surface area contributed by atoms with Gasteiger partial charge in [-0.3, -0.25) is 14.4 Å². The number of nitrogens with two attached hydrogens (primary N) is 1. The molecule has 0 aliphatic carbocycles. The third-order valence-electron chi connectivity index (χ3n) is 4.53. The lowest BCUT2D eigenvalue weighted by atomic mass is 10.0. The number of likely N-dealkylation sites (tertiary alicyclic amines) is 1. The molecule has 1 saturated heterocycles. The first-order valence-corrected chi connectivity index (χ1v) is 9.05. The van der Waals surface area contributed by atoms with Gasteiger partial charge < -0.3 is 31.5 Å². The van der Waals surface area contributed by atoms with Crippen LogP contribution in [0.5, 0.6) is 0 Å². The highest BCUT2D eigenvalue weighted by atomic mass is 16.4. The predicted molar refractivity (Wildman–Crippen MR) is 96.4 cm³/mol. The SMILES string of the molecule is CC(C)[C@H](NC(=O)[C@@H]1CCCN1C(=O)[C@@H](NC(=O)[C@H](C)N)[C@@H](C)O)C(=O)O. The Morgan fingerprint density at radius 1 is 1.07 bits per heavy atom. The van der Waals surface area contributed by atoms with Crippen LogP contribution in [0.4, 0.5) is 0 Å². The van der Waals surface area contributed by atoms with Crippen molar-refractivity contribution in [3.05, 3.63) is 0 Å². The van der Waals surface area contributed by atoms with Crippen molar-refractivity contribution < 1.29 is 29.4 Å². The van der Waals surface area contributed by atoms with Gasteiger partial charge in [-0.15, -0.1) is 0 Å². The monoisotopic (exact) mass is 386 g/mol. The highest BCUT2D eigenvalue weighted by Gasteiger charge is 2.40. The van der Waals surface area contributed by atoms with Gasteiger partial charge in [0.05, 0.1) is 12.1 Å². The third kappa shape index (κ3) is 5.90. The first-order valence-electron chi connectivity index (χ1n) is 9.05. The molecule has 1 rings (SSSR count). The molecule has 0 radical (unpaired) electrons. The van der Waals surface area contributed by atoms with E-state index in [1.54, 1.807) is 13.8 Å². The summed E-state index contributed by atoms with van der Waals surface area (Å²) in [4.78, 5) is 49.8. The molecule has 0 aromatic rings. The largest absolute Gasteiger partial charge is 0.480 e. The zero-order chi connectivity index (χ0) is 20.9. The Bertz CT molecular complexity index is 578. The summed E-state index contributed by atoms with van der Waals surface area (Å²) < 4.78 is 0. The molecule has 154 valence electrons. The summed E-state index contributed by atoms with van der Waals surface area (Å²) in [5.41, 5.74) is 5.49. The third-order valence-corrected chi connectivity index (χ3v) is 4.53. The number of nitrogens with one attached hydrogen (secondary N) is 2. The van der Waals surface area contributed by atoms with Gasteiger partial charge in [-0.25, -0.2) is 4.79 Å². The maximum atomic E-state index is 12.8. The lowest BCUT2D eigenvalue weighted by molar-refractivity contribution is -0.146. The van der Waals surface area contributed by atoms with Crippen LogP contribution in [0.15, 0.2) is 0 Å². The van der Waals surface area contributed by atoms with Gasteiger partial charge in [0.15, 0.2) is 0 Å². The molecule has 0 bridgehead atoms. The Balaban J connectivity index is 2.93. The number of hydrogen-bond donors (Lipinski definition) is 5. The van der Waals surface area contributed by atoms with Crippen molar-refractivity contribution in [2.24, 2.45) is 11.7 Å². The number of amides is 3. The van der Waals surface area contributed by atoms with Crippen LogP contribution in [-0.4, -0.2) is 75.6 Å². The van der Waals surface area contributed by atoms with Crippen LogP contribution in [0.3, 0.4) is 0 Å². The predicted octanol–water partition coefficient (Wildman–Crippen LogP) is -1.58. The standard InChI is InChI=1S/C17H30N4O6/c1-8(2)12(17(26)27)19-15(24)11-6-5-7-21(11)16(25)13(10(4)22)20-14(23)9(3)18/h8-13,22H,5-7,18H2,1-4H3,(H,19,24)(H,20,23)(H,26,27)/t9-,10+,11-,12-,13-/m0/s1. The number of carboxylic acid groups (broad SMARTS) is 1. The highest BCUT2D eigenvalue weighted by molar-refractivity contribution is 5.94. The topological polar surface area (TPSA) is 162 Å². The summed E-state index contributed by atoms with van der Waals surface area (Å²) in [5.74, 6) is -3.24. The van der Waals surface area contributed by atoms with E-state index in [9.17, 15) is 29.4 Å². The Kier molecular flexibility index (Phi) is 8.17. The fourth-order valence-electron chi connectivity index (χ4n) is 2.92. The molecule has 3 amide bonds. The van der Waals surface area contributed by atoms with Crippen LogP contribution >= 0.6 is 0 Å². The van der Waals surface area contributed by atoms with Gasteiger partial charge in [0.1, 0.15) is 18.1 Å². The van der Waals surface area contributed by atoms with E-state index in [4.69, 9.17) is 5.73 Å². The molecule has 0 aromatic heterocycles. The van der Waals surface area contributed by atoms with E-state index in [0.717, 1.165) is 0 Å². The summed E-state index contributed by atoms with van der Waals surface area (Å²) >= 11 is 0. The average Bonchev–Trinajstić information content (AvgIpc) is 3.05. The Morgan fingerprint density at radius 2 is 1.67 bits per heavy atom. The second kappa shape index (κ2) is 9.65. The number of nitrogens with zero attached hydrogens (tertiary/aromatic N) is 1. The second-order valence-electron chi connectivity index (χ2n) is 7.27. The smallest absolute Gasteiger partial charge is 0.326 e. The molecule has 0 unspecified atom stereocenters. The highest BCUT2D eigenvalue weighted by Crippen LogP contribution is 2.20. The second-order valence-corrected chi connectivity index (χ2v) is 7.27. The summed E-state index contributed by atoms with van der Waals surface area (Å²) in [7, 11) is 0. The zero-order valence-corrected chi connectivity index (χ0v) is 16.1. The normalized spacial score (nSPS) is 21.3. The van der Waals surface area contributed by atoms with Crippen LogP contribution in [-0.2, 0) is 19.2 Å². The van der Waals surface area contributed by atoms with Crippen molar-refractivity contribution in [2.45, 2.75) is 70.8 Å². The Hall–Kier alpha value is -2.20. The number of hydrogen-bond acceptors (Lipinski definition) is 6. The van der Waals surface area contributed by atoms with Crippen LogP contribution in [0.25, 0.3) is 0 Å². The summed E-state index contributed by atoms with van der Waals surface area (Å²) in [6.45, 7) is 6.41. The molecular weight excluding hydrogens is 356 g/mol. The van der Waals surface area contributed by atoms with E-state index in [1.807, 2.05) is 0 Å². The van der Waals surface area contributed by atoms with Crippen molar-refractivity contribution in [1.82, 2.24) is 15.5 Å².